The maximum atomic E-state index is 7.36. The van der Waals surface area contributed by atoms with E-state index < -0.39 is 0 Å². The molecule has 1 aromatic rings. The molecule has 0 amide bonds. The molecule has 3 heteroatoms. The van der Waals surface area contributed by atoms with Crippen molar-refractivity contribution < 1.29 is 4.74 Å². The van der Waals surface area contributed by atoms with Gasteiger partial charge in [0.1, 0.15) is 11.6 Å². The number of aryl methyl sites for hydroxylation is 1. The molecule has 0 bridgehead atoms. The van der Waals surface area contributed by atoms with Gasteiger partial charge in [-0.1, -0.05) is 6.92 Å². The molecule has 0 spiro atoms. The first-order valence-corrected chi connectivity index (χ1v) is 5.16. The van der Waals surface area contributed by atoms with Crippen molar-refractivity contribution >= 4 is 5.84 Å². The zero-order chi connectivity index (χ0) is 11.4. The number of hydrogen-bond acceptors (Lipinski definition) is 2. The average Bonchev–Trinajstić information content (AvgIpc) is 2.17. The molecule has 1 atom stereocenters. The second-order valence-corrected chi connectivity index (χ2v) is 3.73. The van der Waals surface area contributed by atoms with E-state index in [0.717, 1.165) is 23.3 Å². The minimum absolute atomic E-state index is 0.0996. The highest BCUT2D eigenvalue weighted by Crippen LogP contribution is 2.18. The van der Waals surface area contributed by atoms with Crippen LogP contribution in [0.1, 0.15) is 31.4 Å². The molecule has 3 nitrogen and oxygen atoms in total. The predicted octanol–water partition coefficient (Wildman–Crippen LogP) is 2.46. The van der Waals surface area contributed by atoms with E-state index in [4.69, 9.17) is 15.9 Å². The molecule has 0 saturated heterocycles. The fraction of sp³-hybridized carbons (Fsp3) is 0.417. The van der Waals surface area contributed by atoms with Crippen LogP contribution in [0.15, 0.2) is 18.2 Å². The highest BCUT2D eigenvalue weighted by Gasteiger charge is 2.05. The molecule has 0 radical (unpaired) electrons. The van der Waals surface area contributed by atoms with Crippen LogP contribution in [-0.2, 0) is 0 Å². The molecule has 0 aliphatic rings. The first-order valence-electron chi connectivity index (χ1n) is 5.16. The van der Waals surface area contributed by atoms with Crippen molar-refractivity contribution in [1.29, 1.82) is 5.41 Å². The number of nitrogens with one attached hydrogen (secondary N) is 1. The van der Waals surface area contributed by atoms with E-state index in [-0.39, 0.29) is 11.9 Å². The van der Waals surface area contributed by atoms with Gasteiger partial charge in [-0.3, -0.25) is 5.41 Å². The lowest BCUT2D eigenvalue weighted by Crippen LogP contribution is -2.14. The molecule has 1 rings (SSSR count). The zero-order valence-electron chi connectivity index (χ0n) is 9.50. The molecule has 0 aromatic heterocycles. The third-order valence-corrected chi connectivity index (χ3v) is 2.40. The van der Waals surface area contributed by atoms with Gasteiger partial charge in [0.05, 0.1) is 6.10 Å². The summed E-state index contributed by atoms with van der Waals surface area (Å²) in [6, 6.07) is 5.61. The Bertz CT molecular complexity index is 361. The normalized spacial score (nSPS) is 12.2. The average molecular weight is 206 g/mol. The van der Waals surface area contributed by atoms with Gasteiger partial charge < -0.3 is 10.5 Å². The van der Waals surface area contributed by atoms with E-state index in [2.05, 4.69) is 6.92 Å². The van der Waals surface area contributed by atoms with Gasteiger partial charge in [-0.25, -0.2) is 0 Å². The largest absolute Gasteiger partial charge is 0.491 e. The summed E-state index contributed by atoms with van der Waals surface area (Å²) in [6.45, 7) is 6.05. The molecule has 82 valence electrons. The van der Waals surface area contributed by atoms with E-state index in [9.17, 15) is 0 Å². The predicted molar refractivity (Wildman–Crippen MR) is 62.6 cm³/mol. The Labute approximate surface area is 90.8 Å². The van der Waals surface area contributed by atoms with Crippen LogP contribution in [0.5, 0.6) is 5.75 Å². The lowest BCUT2D eigenvalue weighted by atomic mass is 10.1. The molecule has 0 aliphatic carbocycles. The number of nitrogens with two attached hydrogens (primary N) is 1. The summed E-state index contributed by atoms with van der Waals surface area (Å²) in [5.41, 5.74) is 7.18. The second kappa shape index (κ2) is 4.82. The van der Waals surface area contributed by atoms with Crippen molar-refractivity contribution in [2.75, 3.05) is 0 Å². The van der Waals surface area contributed by atoms with E-state index in [0.29, 0.717) is 0 Å². The van der Waals surface area contributed by atoms with E-state index >= 15 is 0 Å². The highest BCUT2D eigenvalue weighted by molar-refractivity contribution is 5.96. The van der Waals surface area contributed by atoms with Crippen LogP contribution in [-0.4, -0.2) is 11.9 Å². The molecule has 1 unspecified atom stereocenters. The summed E-state index contributed by atoms with van der Waals surface area (Å²) in [6.07, 6.45) is 1.20. The number of benzene rings is 1. The Morgan fingerprint density at radius 1 is 1.53 bits per heavy atom. The van der Waals surface area contributed by atoms with Gasteiger partial charge in [-0.15, -0.1) is 0 Å². The molecule has 0 fully saturated rings. The van der Waals surface area contributed by atoms with Crippen LogP contribution in [0, 0.1) is 12.3 Å². The molecule has 1 aromatic carbocycles. The van der Waals surface area contributed by atoms with Gasteiger partial charge >= 0.3 is 0 Å². The summed E-state index contributed by atoms with van der Waals surface area (Å²) in [7, 11) is 0. The summed E-state index contributed by atoms with van der Waals surface area (Å²) in [5.74, 6) is 0.939. The minimum atomic E-state index is 0.0996. The zero-order valence-corrected chi connectivity index (χ0v) is 9.50. The number of nitrogen functional groups attached to an aromatic ring is 1. The van der Waals surface area contributed by atoms with Crippen LogP contribution >= 0.6 is 0 Å². The van der Waals surface area contributed by atoms with Gasteiger partial charge in [0.2, 0.25) is 0 Å². The second-order valence-electron chi connectivity index (χ2n) is 3.73. The number of hydrogen-bond donors (Lipinski definition) is 2. The van der Waals surface area contributed by atoms with E-state index in [1.54, 1.807) is 0 Å². The SMILES string of the molecule is CCC(C)Oc1ccc(C(=N)N)c(C)c1. The van der Waals surface area contributed by atoms with Gasteiger partial charge in [-0.2, -0.15) is 0 Å². The highest BCUT2D eigenvalue weighted by atomic mass is 16.5. The van der Waals surface area contributed by atoms with Gasteiger partial charge in [0, 0.05) is 5.56 Å². The van der Waals surface area contributed by atoms with Crippen LogP contribution in [0.3, 0.4) is 0 Å². The molecular formula is C12H18N2O. The van der Waals surface area contributed by atoms with E-state index in [1.807, 2.05) is 32.0 Å². The summed E-state index contributed by atoms with van der Waals surface area (Å²) in [4.78, 5) is 0. The van der Waals surface area contributed by atoms with Gasteiger partial charge in [0.15, 0.2) is 0 Å². The van der Waals surface area contributed by atoms with Gasteiger partial charge in [-0.05, 0) is 44.0 Å². The van der Waals surface area contributed by atoms with Crippen LogP contribution < -0.4 is 10.5 Å². The Morgan fingerprint density at radius 3 is 2.67 bits per heavy atom. The number of amidine groups is 1. The summed E-state index contributed by atoms with van der Waals surface area (Å²) < 4.78 is 5.67. The lowest BCUT2D eigenvalue weighted by molar-refractivity contribution is 0.217. The Kier molecular flexibility index (Phi) is 3.72. The third kappa shape index (κ3) is 2.98. The number of ether oxygens (including phenoxy) is 1. The van der Waals surface area contributed by atoms with Crippen molar-refractivity contribution in [2.24, 2.45) is 5.73 Å². The number of rotatable bonds is 4. The lowest BCUT2D eigenvalue weighted by Gasteiger charge is -2.14. The third-order valence-electron chi connectivity index (χ3n) is 2.40. The molecule has 3 N–H and O–H groups in total. The van der Waals surface area contributed by atoms with Crippen molar-refractivity contribution in [3.8, 4) is 5.75 Å². The monoisotopic (exact) mass is 206 g/mol. The quantitative estimate of drug-likeness (QED) is 0.587. The molecule has 0 saturated carbocycles. The summed E-state index contributed by atoms with van der Waals surface area (Å²) >= 11 is 0. The molecule has 0 heterocycles. The molecule has 0 aliphatic heterocycles. The van der Waals surface area contributed by atoms with E-state index in [1.165, 1.54) is 0 Å². The smallest absolute Gasteiger partial charge is 0.123 e. The first-order chi connectivity index (χ1) is 7.04. The van der Waals surface area contributed by atoms with Crippen LogP contribution in [0.2, 0.25) is 0 Å². The Morgan fingerprint density at radius 2 is 2.20 bits per heavy atom. The van der Waals surface area contributed by atoms with Crippen LogP contribution in [0.4, 0.5) is 0 Å². The maximum absolute atomic E-state index is 7.36. The summed E-state index contributed by atoms with van der Waals surface area (Å²) in [5, 5.41) is 7.36. The molecule has 15 heavy (non-hydrogen) atoms. The fourth-order valence-corrected chi connectivity index (χ4v) is 1.33. The molecular weight excluding hydrogens is 188 g/mol. The fourth-order valence-electron chi connectivity index (χ4n) is 1.33. The van der Waals surface area contributed by atoms with Gasteiger partial charge in [0.25, 0.3) is 0 Å². The first kappa shape index (κ1) is 11.6. The topological polar surface area (TPSA) is 59.1 Å². The Hall–Kier alpha value is -1.51. The van der Waals surface area contributed by atoms with Crippen LogP contribution in [0.25, 0.3) is 0 Å². The van der Waals surface area contributed by atoms with Crippen molar-refractivity contribution in [3.63, 3.8) is 0 Å². The Balaban J connectivity index is 2.87. The minimum Gasteiger partial charge on any atom is -0.491 e. The van der Waals surface area contributed by atoms with Crippen molar-refractivity contribution in [2.45, 2.75) is 33.3 Å². The standard InChI is InChI=1S/C12H18N2O/c1-4-9(3)15-10-5-6-11(12(13)14)8(2)7-10/h5-7,9H,4H2,1-3H3,(H3,13,14). The van der Waals surface area contributed by atoms with Crippen molar-refractivity contribution in [3.05, 3.63) is 29.3 Å². The van der Waals surface area contributed by atoms with Crippen molar-refractivity contribution in [1.82, 2.24) is 0 Å². The maximum Gasteiger partial charge on any atom is 0.123 e.